The molecule has 1 aliphatic heterocycles. The van der Waals surface area contributed by atoms with E-state index in [9.17, 15) is 9.59 Å². The van der Waals surface area contributed by atoms with Crippen LogP contribution in [0.5, 0.6) is 5.75 Å². The second-order valence-electron chi connectivity index (χ2n) is 10.5. The minimum atomic E-state index is -0.676. The second-order valence-corrected chi connectivity index (χ2v) is 12.3. The lowest BCUT2D eigenvalue weighted by Gasteiger charge is -2.24. The van der Waals surface area contributed by atoms with Gasteiger partial charge < -0.3 is 9.47 Å². The Balaban J connectivity index is 1.37. The van der Waals surface area contributed by atoms with E-state index in [1.54, 1.807) is 36.6 Å². The number of aryl methyl sites for hydroxylation is 1. The Kier molecular flexibility index (Phi) is 8.45. The first-order chi connectivity index (χ1) is 21.2. The lowest BCUT2D eigenvalue weighted by molar-refractivity contribution is -0.139. The molecule has 0 spiro atoms. The first-order valence-corrected chi connectivity index (χ1v) is 15.7. The van der Waals surface area contributed by atoms with Crippen LogP contribution in [0.1, 0.15) is 42.1 Å². The quantitative estimate of drug-likeness (QED) is 0.177. The Labute approximate surface area is 268 Å². The monoisotopic (exact) mass is 642 g/mol. The highest BCUT2D eigenvalue weighted by molar-refractivity contribution is 7.07. The molecule has 0 N–H and O–H groups in total. The minimum absolute atomic E-state index is 0.212. The fourth-order valence-corrected chi connectivity index (χ4v) is 7.04. The molecular formula is C35H28Cl2N2O4S. The van der Waals surface area contributed by atoms with Gasteiger partial charge in [-0.2, -0.15) is 0 Å². The molecule has 2 heterocycles. The van der Waals surface area contributed by atoms with E-state index >= 15 is 0 Å². The van der Waals surface area contributed by atoms with Gasteiger partial charge in [-0.25, -0.2) is 9.79 Å². The first kappa shape index (κ1) is 29.9. The number of allylic oxidation sites excluding steroid dienone is 1. The van der Waals surface area contributed by atoms with Crippen molar-refractivity contribution in [2.75, 3.05) is 6.61 Å². The van der Waals surface area contributed by atoms with Gasteiger partial charge in [0.1, 0.15) is 6.61 Å². The number of esters is 1. The molecule has 222 valence electrons. The van der Waals surface area contributed by atoms with E-state index in [2.05, 4.69) is 23.2 Å². The molecule has 44 heavy (non-hydrogen) atoms. The number of carbonyl (C=O) groups excluding carboxylic acids is 1. The van der Waals surface area contributed by atoms with Crippen LogP contribution in [0, 0.1) is 6.92 Å². The number of aromatic nitrogens is 1. The maximum absolute atomic E-state index is 13.9. The zero-order valence-electron chi connectivity index (χ0n) is 24.3. The number of rotatable bonds is 7. The Morgan fingerprint density at radius 2 is 1.70 bits per heavy atom. The van der Waals surface area contributed by atoms with E-state index in [1.807, 2.05) is 55.5 Å². The molecule has 1 atom stereocenters. The van der Waals surface area contributed by atoms with Crippen molar-refractivity contribution in [2.24, 2.45) is 4.99 Å². The normalized spacial score (nSPS) is 14.8. The van der Waals surface area contributed by atoms with E-state index in [0.29, 0.717) is 48.6 Å². The zero-order valence-corrected chi connectivity index (χ0v) is 26.6. The number of carbonyl (C=O) groups is 1. The summed E-state index contributed by atoms with van der Waals surface area (Å²) in [5.41, 5.74) is 4.08. The van der Waals surface area contributed by atoms with Gasteiger partial charge in [-0.3, -0.25) is 9.36 Å². The molecule has 0 fully saturated rings. The minimum Gasteiger partial charge on any atom is -0.486 e. The average Bonchev–Trinajstić information content (AvgIpc) is 3.30. The fraction of sp³-hybridized carbons (Fsp3) is 0.171. The lowest BCUT2D eigenvalue weighted by Crippen LogP contribution is -2.39. The van der Waals surface area contributed by atoms with Gasteiger partial charge in [0.25, 0.3) is 5.56 Å². The highest BCUT2D eigenvalue weighted by Crippen LogP contribution is 2.36. The summed E-state index contributed by atoms with van der Waals surface area (Å²) < 4.78 is 13.4. The Bertz CT molecular complexity index is 2100. The predicted molar refractivity (Wildman–Crippen MR) is 176 cm³/mol. The van der Waals surface area contributed by atoms with Crippen molar-refractivity contribution < 1.29 is 14.3 Å². The molecule has 6 nitrogen and oxygen atoms in total. The summed E-state index contributed by atoms with van der Waals surface area (Å²) in [6.45, 7) is 6.00. The topological polar surface area (TPSA) is 69.9 Å². The maximum Gasteiger partial charge on any atom is 0.338 e. The lowest BCUT2D eigenvalue weighted by atomic mass is 9.95. The summed E-state index contributed by atoms with van der Waals surface area (Å²) in [7, 11) is 0. The maximum atomic E-state index is 13.9. The van der Waals surface area contributed by atoms with Crippen LogP contribution >= 0.6 is 34.5 Å². The van der Waals surface area contributed by atoms with Gasteiger partial charge in [0.05, 0.1) is 38.5 Å². The van der Waals surface area contributed by atoms with Crippen LogP contribution in [0.2, 0.25) is 10.0 Å². The van der Waals surface area contributed by atoms with E-state index < -0.39 is 12.0 Å². The highest BCUT2D eigenvalue weighted by atomic mass is 35.5. The molecule has 5 aromatic rings. The molecule has 0 saturated carbocycles. The molecule has 1 aromatic heterocycles. The van der Waals surface area contributed by atoms with Crippen LogP contribution < -0.4 is 19.6 Å². The van der Waals surface area contributed by atoms with Crippen LogP contribution in [0.3, 0.4) is 0 Å². The molecule has 0 amide bonds. The molecule has 9 heteroatoms. The van der Waals surface area contributed by atoms with Crippen molar-refractivity contribution in [1.82, 2.24) is 4.57 Å². The van der Waals surface area contributed by atoms with Crippen molar-refractivity contribution in [1.29, 1.82) is 0 Å². The van der Waals surface area contributed by atoms with Gasteiger partial charge in [-0.1, -0.05) is 107 Å². The average molecular weight is 644 g/mol. The van der Waals surface area contributed by atoms with Crippen LogP contribution in [0.4, 0.5) is 0 Å². The first-order valence-electron chi connectivity index (χ1n) is 14.1. The molecule has 4 aromatic carbocycles. The second kappa shape index (κ2) is 12.4. The Hall–Kier alpha value is -4.17. The van der Waals surface area contributed by atoms with E-state index in [0.717, 1.165) is 27.5 Å². The number of hydrogen-bond donors (Lipinski definition) is 0. The number of hydrogen-bond acceptors (Lipinski definition) is 6. The summed E-state index contributed by atoms with van der Waals surface area (Å²) in [5.74, 6) is -0.125. The van der Waals surface area contributed by atoms with Crippen LogP contribution in [0.25, 0.3) is 16.8 Å². The van der Waals surface area contributed by atoms with E-state index in [4.69, 9.17) is 32.7 Å². The third-order valence-electron chi connectivity index (χ3n) is 7.48. The van der Waals surface area contributed by atoms with Crippen molar-refractivity contribution in [3.05, 3.63) is 142 Å². The zero-order chi connectivity index (χ0) is 31.0. The number of ether oxygens (including phenoxy) is 2. The number of benzene rings is 4. The predicted octanol–water partition coefficient (Wildman–Crippen LogP) is 7.15. The molecule has 0 unspecified atom stereocenters. The summed E-state index contributed by atoms with van der Waals surface area (Å²) >= 11 is 14.6. The standard InChI is InChI=1S/C35H28Cl2N2O4S/c1-4-42-34(41)30-21(3)38-35-39(31(30)24-14-12-20(2)13-15-24)33(40)29(44-35)18-22-16-27(36)32(28(37)17-22)43-19-25-10-7-9-23-8-5-6-11-26(23)25/h5-18,31H,4,19H2,1-3H3/b29-18+/t31-/m0/s1. The summed E-state index contributed by atoms with van der Waals surface area (Å²) in [6, 6.07) is 24.7. The van der Waals surface area contributed by atoms with Crippen molar-refractivity contribution in [3.63, 3.8) is 0 Å². The van der Waals surface area contributed by atoms with Crippen molar-refractivity contribution >= 4 is 57.4 Å². The van der Waals surface area contributed by atoms with E-state index in [-0.39, 0.29) is 12.2 Å². The molecule has 0 aliphatic carbocycles. The van der Waals surface area contributed by atoms with Gasteiger partial charge >= 0.3 is 5.97 Å². The van der Waals surface area contributed by atoms with Gasteiger partial charge in [0.2, 0.25) is 0 Å². The van der Waals surface area contributed by atoms with Gasteiger partial charge in [0.15, 0.2) is 10.6 Å². The Morgan fingerprint density at radius 1 is 1.00 bits per heavy atom. The fourth-order valence-electron chi connectivity index (χ4n) is 5.38. The molecular weight excluding hydrogens is 615 g/mol. The largest absolute Gasteiger partial charge is 0.486 e. The number of thiazole rings is 1. The molecule has 0 bridgehead atoms. The van der Waals surface area contributed by atoms with Crippen molar-refractivity contribution in [3.8, 4) is 5.75 Å². The van der Waals surface area contributed by atoms with Crippen LogP contribution in [-0.2, 0) is 16.1 Å². The van der Waals surface area contributed by atoms with Crippen LogP contribution in [0.15, 0.2) is 99.9 Å². The van der Waals surface area contributed by atoms with E-state index in [1.165, 1.54) is 11.3 Å². The number of fused-ring (bicyclic) bond motifs is 2. The molecule has 0 saturated heterocycles. The summed E-state index contributed by atoms with van der Waals surface area (Å²) in [5, 5.41) is 2.88. The highest BCUT2D eigenvalue weighted by Gasteiger charge is 2.33. The third kappa shape index (κ3) is 5.71. The summed E-state index contributed by atoms with van der Waals surface area (Å²) in [6.07, 6.45) is 1.73. The molecule has 6 rings (SSSR count). The molecule has 1 aliphatic rings. The van der Waals surface area contributed by atoms with Crippen LogP contribution in [-0.4, -0.2) is 17.1 Å². The SMILES string of the molecule is CCOC(=O)C1=C(C)N=c2s/c(=C/c3cc(Cl)c(OCc4cccc5ccccc45)c(Cl)c3)c(=O)n2[C@H]1c1ccc(C)cc1. The van der Waals surface area contributed by atoms with Gasteiger partial charge in [0, 0.05) is 0 Å². The molecule has 0 radical (unpaired) electrons. The summed E-state index contributed by atoms with van der Waals surface area (Å²) in [4.78, 5) is 32.1. The number of nitrogens with zero attached hydrogens (tertiary/aromatic N) is 2. The van der Waals surface area contributed by atoms with Gasteiger partial charge in [-0.05, 0) is 66.4 Å². The smallest absolute Gasteiger partial charge is 0.338 e. The Morgan fingerprint density at radius 3 is 2.43 bits per heavy atom. The third-order valence-corrected chi connectivity index (χ3v) is 9.02. The van der Waals surface area contributed by atoms with Crippen molar-refractivity contribution in [2.45, 2.75) is 33.4 Å². The number of halogens is 2. The van der Waals surface area contributed by atoms with Gasteiger partial charge in [-0.15, -0.1) is 0 Å².